The first kappa shape index (κ1) is 19.5. The van der Waals surface area contributed by atoms with Crippen LogP contribution >= 0.6 is 11.6 Å². The number of halogens is 1. The van der Waals surface area contributed by atoms with Crippen LogP contribution in [0.25, 0.3) is 17.4 Å². The number of carbonyl (C=O) groups is 2. The van der Waals surface area contributed by atoms with Crippen molar-refractivity contribution in [3.05, 3.63) is 107 Å². The van der Waals surface area contributed by atoms with Gasteiger partial charge >= 0.3 is 0 Å². The molecule has 0 atom stereocenters. The molecule has 0 aliphatic rings. The molecule has 0 unspecified atom stereocenters. The highest BCUT2D eigenvalue weighted by Crippen LogP contribution is 2.29. The van der Waals surface area contributed by atoms with Crippen molar-refractivity contribution in [2.75, 3.05) is 5.32 Å². The number of carbonyl (C=O) groups excluding carboxylic acids is 2. The van der Waals surface area contributed by atoms with Crippen LogP contribution in [-0.4, -0.2) is 11.7 Å². The number of hydrogen-bond acceptors (Lipinski definition) is 4. The van der Waals surface area contributed by atoms with Crippen LogP contribution in [0.4, 0.5) is 5.69 Å². The van der Waals surface area contributed by atoms with Gasteiger partial charge in [-0.15, -0.1) is 0 Å². The fourth-order valence-electron chi connectivity index (χ4n) is 2.82. The van der Waals surface area contributed by atoms with Gasteiger partial charge in [-0.05, 0) is 72.8 Å². The highest BCUT2D eigenvalue weighted by molar-refractivity contribution is 6.33. The first-order valence-electron chi connectivity index (χ1n) is 9.12. The van der Waals surface area contributed by atoms with Gasteiger partial charge in [0.05, 0.1) is 11.3 Å². The Balaban J connectivity index is 1.41. The Labute approximate surface area is 177 Å². The zero-order valence-corrected chi connectivity index (χ0v) is 16.4. The number of ketones is 1. The van der Waals surface area contributed by atoms with Gasteiger partial charge in [0.15, 0.2) is 11.5 Å². The van der Waals surface area contributed by atoms with Crippen molar-refractivity contribution in [3.8, 4) is 11.3 Å². The summed E-state index contributed by atoms with van der Waals surface area (Å²) in [6.45, 7) is 0. The second-order valence-corrected chi connectivity index (χ2v) is 6.80. The van der Waals surface area contributed by atoms with Gasteiger partial charge in [-0.1, -0.05) is 23.7 Å². The zero-order chi connectivity index (χ0) is 20.9. The van der Waals surface area contributed by atoms with Crippen molar-refractivity contribution >= 4 is 35.1 Å². The number of rotatable bonds is 6. The van der Waals surface area contributed by atoms with E-state index in [1.165, 1.54) is 12.3 Å². The average Bonchev–Trinajstić information content (AvgIpc) is 3.45. The Bertz CT molecular complexity index is 1200. The number of benzene rings is 2. The summed E-state index contributed by atoms with van der Waals surface area (Å²) in [7, 11) is 0. The minimum atomic E-state index is -0.355. The summed E-state index contributed by atoms with van der Waals surface area (Å²) >= 11 is 6.19. The zero-order valence-electron chi connectivity index (χ0n) is 15.7. The molecule has 30 heavy (non-hydrogen) atoms. The Morgan fingerprint density at radius 1 is 0.900 bits per heavy atom. The third-order valence-corrected chi connectivity index (χ3v) is 4.67. The summed E-state index contributed by atoms with van der Waals surface area (Å²) in [5.74, 6) is 0.846. The summed E-state index contributed by atoms with van der Waals surface area (Å²) in [5.41, 5.74) is 1.84. The van der Waals surface area contributed by atoms with Gasteiger partial charge in [0.25, 0.3) is 5.91 Å². The predicted molar refractivity (Wildman–Crippen MR) is 116 cm³/mol. The molecule has 148 valence electrons. The first-order valence-corrected chi connectivity index (χ1v) is 9.50. The van der Waals surface area contributed by atoms with Crippen LogP contribution in [0.5, 0.6) is 0 Å². The molecule has 1 amide bonds. The smallest absolute Gasteiger partial charge is 0.291 e. The molecule has 0 spiro atoms. The van der Waals surface area contributed by atoms with E-state index in [0.717, 1.165) is 5.56 Å². The molecule has 2 aromatic heterocycles. The van der Waals surface area contributed by atoms with Crippen LogP contribution < -0.4 is 5.32 Å². The van der Waals surface area contributed by atoms with Crippen molar-refractivity contribution in [1.82, 2.24) is 0 Å². The van der Waals surface area contributed by atoms with E-state index >= 15 is 0 Å². The lowest BCUT2D eigenvalue weighted by Crippen LogP contribution is -2.10. The molecule has 2 heterocycles. The van der Waals surface area contributed by atoms with E-state index in [-0.39, 0.29) is 17.5 Å². The van der Waals surface area contributed by atoms with Crippen molar-refractivity contribution in [2.45, 2.75) is 0 Å². The lowest BCUT2D eigenvalue weighted by molar-refractivity contribution is 0.0996. The van der Waals surface area contributed by atoms with Gasteiger partial charge in [-0.2, -0.15) is 0 Å². The van der Waals surface area contributed by atoms with Gasteiger partial charge in [0.2, 0.25) is 0 Å². The second-order valence-electron chi connectivity index (χ2n) is 6.39. The summed E-state index contributed by atoms with van der Waals surface area (Å²) in [4.78, 5) is 24.4. The maximum Gasteiger partial charge on any atom is 0.291 e. The molecule has 4 aromatic rings. The third-order valence-electron chi connectivity index (χ3n) is 4.34. The molecule has 0 aliphatic carbocycles. The SMILES string of the molecule is O=C(C=Cc1ccc(-c2ccccc2Cl)o1)c1ccc(NC(=O)c2ccco2)cc1. The van der Waals surface area contributed by atoms with Gasteiger partial charge in [-0.25, -0.2) is 0 Å². The Morgan fingerprint density at radius 3 is 2.43 bits per heavy atom. The molecule has 1 N–H and O–H groups in total. The fourth-order valence-corrected chi connectivity index (χ4v) is 3.05. The molecule has 0 saturated carbocycles. The normalized spacial score (nSPS) is 11.0. The van der Waals surface area contributed by atoms with Crippen LogP contribution in [0.3, 0.4) is 0 Å². The number of allylic oxidation sites excluding steroid dienone is 1. The number of furan rings is 2. The molecule has 0 radical (unpaired) electrons. The Morgan fingerprint density at radius 2 is 1.70 bits per heavy atom. The predicted octanol–water partition coefficient (Wildman–Crippen LogP) is 6.34. The first-order chi connectivity index (χ1) is 14.6. The summed E-state index contributed by atoms with van der Waals surface area (Å²) in [6, 6.07) is 20.8. The van der Waals surface area contributed by atoms with Crippen molar-refractivity contribution < 1.29 is 18.4 Å². The van der Waals surface area contributed by atoms with E-state index in [1.54, 1.807) is 54.6 Å². The number of hydrogen-bond donors (Lipinski definition) is 1. The number of anilines is 1. The summed E-state index contributed by atoms with van der Waals surface area (Å²) < 4.78 is 10.8. The third kappa shape index (κ3) is 4.42. The molecule has 0 bridgehead atoms. The molecule has 6 heteroatoms. The molecular formula is C24H16ClNO4. The fraction of sp³-hybridized carbons (Fsp3) is 0. The minimum absolute atomic E-state index is 0.186. The second kappa shape index (κ2) is 8.68. The molecule has 5 nitrogen and oxygen atoms in total. The van der Waals surface area contributed by atoms with Gasteiger partial charge in [0, 0.05) is 16.8 Å². The lowest BCUT2D eigenvalue weighted by Gasteiger charge is -2.03. The van der Waals surface area contributed by atoms with Gasteiger partial charge in [-0.3, -0.25) is 9.59 Å². The quantitative estimate of drug-likeness (QED) is 0.293. The molecule has 2 aromatic carbocycles. The number of nitrogens with one attached hydrogen (secondary N) is 1. The molecule has 4 rings (SSSR count). The van der Waals surface area contributed by atoms with Gasteiger partial charge in [0.1, 0.15) is 11.5 Å². The van der Waals surface area contributed by atoms with Crippen molar-refractivity contribution in [1.29, 1.82) is 0 Å². The summed E-state index contributed by atoms with van der Waals surface area (Å²) in [5, 5.41) is 3.30. The standard InChI is InChI=1S/C24H16ClNO4/c25-20-5-2-1-4-19(20)22-14-12-18(30-22)11-13-21(27)16-7-9-17(10-8-16)26-24(28)23-6-3-15-29-23/h1-15H,(H,26,28). The van der Waals surface area contributed by atoms with E-state index in [4.69, 9.17) is 20.4 Å². The Hall–Kier alpha value is -3.83. The van der Waals surface area contributed by atoms with Crippen molar-refractivity contribution in [2.24, 2.45) is 0 Å². The molecule has 0 aliphatic heterocycles. The molecule has 0 saturated heterocycles. The van der Waals surface area contributed by atoms with E-state index in [2.05, 4.69) is 5.32 Å². The van der Waals surface area contributed by atoms with E-state index < -0.39 is 0 Å². The summed E-state index contributed by atoms with van der Waals surface area (Å²) in [6.07, 6.45) is 4.47. The van der Waals surface area contributed by atoms with Crippen LogP contribution in [0.1, 0.15) is 26.7 Å². The van der Waals surface area contributed by atoms with Crippen LogP contribution in [0, 0.1) is 0 Å². The average molecular weight is 418 g/mol. The van der Waals surface area contributed by atoms with E-state index in [0.29, 0.717) is 27.8 Å². The maximum absolute atomic E-state index is 12.4. The van der Waals surface area contributed by atoms with Crippen LogP contribution in [-0.2, 0) is 0 Å². The number of amides is 1. The molecule has 0 fully saturated rings. The van der Waals surface area contributed by atoms with Crippen molar-refractivity contribution in [3.63, 3.8) is 0 Å². The Kier molecular flexibility index (Phi) is 5.63. The van der Waals surface area contributed by atoms with Gasteiger partial charge < -0.3 is 14.2 Å². The minimum Gasteiger partial charge on any atom is -0.459 e. The lowest BCUT2D eigenvalue weighted by atomic mass is 10.1. The van der Waals surface area contributed by atoms with E-state index in [9.17, 15) is 9.59 Å². The highest BCUT2D eigenvalue weighted by atomic mass is 35.5. The van der Waals surface area contributed by atoms with E-state index in [1.807, 2.05) is 24.3 Å². The maximum atomic E-state index is 12.4. The largest absolute Gasteiger partial charge is 0.459 e. The molecular weight excluding hydrogens is 402 g/mol. The highest BCUT2D eigenvalue weighted by Gasteiger charge is 2.10. The topological polar surface area (TPSA) is 72.5 Å². The monoisotopic (exact) mass is 417 g/mol. The van der Waals surface area contributed by atoms with Crippen LogP contribution in [0.2, 0.25) is 5.02 Å². The van der Waals surface area contributed by atoms with Crippen LogP contribution in [0.15, 0.2) is 94.0 Å².